The molecule has 4 aromatic rings. The maximum absolute atomic E-state index is 14.8. The molecule has 0 radical (unpaired) electrons. The smallest absolute Gasteiger partial charge is 0.326 e. The van der Waals surface area contributed by atoms with E-state index in [0.29, 0.717) is 43.7 Å². The third-order valence-electron chi connectivity index (χ3n) is 9.09. The molecule has 9 heteroatoms. The summed E-state index contributed by atoms with van der Waals surface area (Å²) in [6.07, 6.45) is 1.40. The van der Waals surface area contributed by atoms with E-state index in [0.717, 1.165) is 60.7 Å². The highest BCUT2D eigenvalue weighted by Crippen LogP contribution is 2.34. The second kappa shape index (κ2) is 11.2. The minimum atomic E-state index is -0.264. The van der Waals surface area contributed by atoms with Crippen LogP contribution in [0.25, 0.3) is 11.0 Å². The zero-order chi connectivity index (χ0) is 28.7. The summed E-state index contributed by atoms with van der Waals surface area (Å²) in [4.78, 5) is 36.7. The predicted octanol–water partition coefficient (Wildman–Crippen LogP) is 4.55. The molecule has 0 unspecified atom stereocenters. The summed E-state index contributed by atoms with van der Waals surface area (Å²) in [5.41, 5.74) is 5.90. The Morgan fingerprint density at radius 1 is 0.951 bits per heavy atom. The molecule has 1 N–H and O–H groups in total. The van der Waals surface area contributed by atoms with E-state index in [-0.39, 0.29) is 23.5 Å². The standard InChI is InChI=1S/C32H39FN6O2/c1-4-35-17-19-36(20-18-35)29-22(2)30(38(23(29)3)21-24-9-5-6-10-26(24)33)31(40)37-15-13-25(14-16-37)39-28-12-8-7-11-27(28)34-32(39)41/h5-12,25H,4,13-21H2,1-3H3,(H,34,41). The number of fused-ring (bicyclic) bond motifs is 1. The minimum Gasteiger partial charge on any atom is -0.367 e. The maximum atomic E-state index is 14.8. The summed E-state index contributed by atoms with van der Waals surface area (Å²) in [5, 5.41) is 0. The van der Waals surface area contributed by atoms with Crippen molar-refractivity contribution < 1.29 is 9.18 Å². The van der Waals surface area contributed by atoms with E-state index >= 15 is 0 Å². The van der Waals surface area contributed by atoms with Crippen LogP contribution in [-0.2, 0) is 6.54 Å². The Morgan fingerprint density at radius 3 is 2.34 bits per heavy atom. The lowest BCUT2D eigenvalue weighted by atomic mass is 10.0. The summed E-state index contributed by atoms with van der Waals surface area (Å²) in [6, 6.07) is 14.6. The Hall–Kier alpha value is -3.85. The number of aromatic amines is 1. The first-order valence-electron chi connectivity index (χ1n) is 14.8. The first-order valence-corrected chi connectivity index (χ1v) is 14.8. The molecule has 0 atom stereocenters. The highest BCUT2D eigenvalue weighted by molar-refractivity contribution is 5.97. The Bertz CT molecular complexity index is 1620. The topological polar surface area (TPSA) is 69.5 Å². The molecule has 2 aliphatic rings. The molecule has 41 heavy (non-hydrogen) atoms. The van der Waals surface area contributed by atoms with Crippen LogP contribution in [0.4, 0.5) is 10.1 Å². The zero-order valence-corrected chi connectivity index (χ0v) is 24.2. The van der Waals surface area contributed by atoms with E-state index in [1.165, 1.54) is 6.07 Å². The lowest BCUT2D eigenvalue weighted by Gasteiger charge is -2.36. The first kappa shape index (κ1) is 27.3. The van der Waals surface area contributed by atoms with Gasteiger partial charge in [-0.15, -0.1) is 0 Å². The number of imidazole rings is 1. The fraction of sp³-hybridized carbons (Fsp3) is 0.438. The largest absolute Gasteiger partial charge is 0.367 e. The van der Waals surface area contributed by atoms with Crippen LogP contribution in [0.2, 0.25) is 0 Å². The van der Waals surface area contributed by atoms with Crippen molar-refractivity contribution in [3.8, 4) is 0 Å². The number of H-pyrrole nitrogens is 1. The third kappa shape index (κ3) is 4.96. The number of hydrogen-bond donors (Lipinski definition) is 1. The van der Waals surface area contributed by atoms with Gasteiger partial charge in [-0.2, -0.15) is 0 Å². The van der Waals surface area contributed by atoms with Crippen molar-refractivity contribution in [2.75, 3.05) is 50.7 Å². The number of amides is 1. The predicted molar refractivity (Wildman–Crippen MR) is 160 cm³/mol. The van der Waals surface area contributed by atoms with Crippen LogP contribution in [0.15, 0.2) is 53.3 Å². The number of carbonyl (C=O) groups is 1. The van der Waals surface area contributed by atoms with Crippen LogP contribution < -0.4 is 10.6 Å². The first-order chi connectivity index (χ1) is 19.9. The quantitative estimate of drug-likeness (QED) is 0.377. The summed E-state index contributed by atoms with van der Waals surface area (Å²) in [5.74, 6) is -0.287. The van der Waals surface area contributed by atoms with Crippen LogP contribution in [0.1, 0.15) is 53.1 Å². The van der Waals surface area contributed by atoms with Gasteiger partial charge in [0.2, 0.25) is 0 Å². The molecule has 1 amide bonds. The monoisotopic (exact) mass is 558 g/mol. The number of likely N-dealkylation sites (N-methyl/N-ethyl adjacent to an activating group) is 1. The van der Waals surface area contributed by atoms with Crippen molar-refractivity contribution in [2.24, 2.45) is 0 Å². The number of piperazine rings is 1. The van der Waals surface area contributed by atoms with Gasteiger partial charge in [0.05, 0.1) is 23.3 Å². The van der Waals surface area contributed by atoms with Crippen molar-refractivity contribution in [2.45, 2.75) is 46.2 Å². The fourth-order valence-electron chi connectivity index (χ4n) is 6.82. The number of halogens is 1. The van der Waals surface area contributed by atoms with Crippen LogP contribution in [0.3, 0.4) is 0 Å². The summed E-state index contributed by atoms with van der Waals surface area (Å²) >= 11 is 0. The van der Waals surface area contributed by atoms with Gasteiger partial charge < -0.3 is 24.3 Å². The van der Waals surface area contributed by atoms with Crippen LogP contribution in [0.5, 0.6) is 0 Å². The molecule has 2 aliphatic heterocycles. The fourth-order valence-corrected chi connectivity index (χ4v) is 6.82. The van der Waals surface area contributed by atoms with Gasteiger partial charge in [-0.05, 0) is 51.4 Å². The number of likely N-dealkylation sites (tertiary alicyclic amines) is 1. The molecule has 2 aromatic heterocycles. The van der Waals surface area contributed by atoms with Gasteiger partial charge in [-0.1, -0.05) is 37.3 Å². The average Bonchev–Trinajstić information content (AvgIpc) is 3.45. The number of aromatic nitrogens is 3. The third-order valence-corrected chi connectivity index (χ3v) is 9.09. The van der Waals surface area contributed by atoms with Gasteiger partial charge in [0.1, 0.15) is 11.5 Å². The summed E-state index contributed by atoms with van der Waals surface area (Å²) < 4.78 is 18.7. The van der Waals surface area contributed by atoms with E-state index < -0.39 is 0 Å². The molecule has 4 heterocycles. The Kier molecular flexibility index (Phi) is 7.46. The molecule has 2 aromatic carbocycles. The molecule has 8 nitrogen and oxygen atoms in total. The summed E-state index contributed by atoms with van der Waals surface area (Å²) in [6.45, 7) is 12.5. The number of piperidine rings is 1. The summed E-state index contributed by atoms with van der Waals surface area (Å²) in [7, 11) is 0. The van der Waals surface area contributed by atoms with E-state index in [1.54, 1.807) is 12.1 Å². The highest BCUT2D eigenvalue weighted by Gasteiger charge is 2.33. The van der Waals surface area contributed by atoms with Gasteiger partial charge in [-0.3, -0.25) is 9.36 Å². The maximum Gasteiger partial charge on any atom is 0.326 e. The van der Waals surface area contributed by atoms with Crippen LogP contribution in [0, 0.1) is 19.7 Å². The molecular weight excluding hydrogens is 519 g/mol. The highest BCUT2D eigenvalue weighted by atomic mass is 19.1. The van der Waals surface area contributed by atoms with Crippen molar-refractivity contribution in [3.05, 3.63) is 87.3 Å². The Labute approximate surface area is 240 Å². The van der Waals surface area contributed by atoms with Gasteiger partial charge in [0.25, 0.3) is 5.91 Å². The lowest BCUT2D eigenvalue weighted by molar-refractivity contribution is 0.0683. The Balaban J connectivity index is 1.30. The Morgan fingerprint density at radius 2 is 1.63 bits per heavy atom. The second-order valence-electron chi connectivity index (χ2n) is 11.3. The molecule has 0 aliphatic carbocycles. The van der Waals surface area contributed by atoms with E-state index in [1.807, 2.05) is 51.3 Å². The van der Waals surface area contributed by atoms with Crippen molar-refractivity contribution in [1.82, 2.24) is 23.9 Å². The van der Waals surface area contributed by atoms with Gasteiger partial charge in [-0.25, -0.2) is 9.18 Å². The molecular formula is C32H39FN6O2. The van der Waals surface area contributed by atoms with Crippen LogP contribution >= 0.6 is 0 Å². The molecule has 2 saturated heterocycles. The van der Waals surface area contributed by atoms with Gasteiger partial charge in [0, 0.05) is 62.1 Å². The molecule has 0 bridgehead atoms. The van der Waals surface area contributed by atoms with Crippen LogP contribution in [-0.4, -0.2) is 75.6 Å². The molecule has 216 valence electrons. The van der Waals surface area contributed by atoms with Gasteiger partial charge in [0.15, 0.2) is 0 Å². The second-order valence-corrected chi connectivity index (χ2v) is 11.3. The number of nitrogens with zero attached hydrogens (tertiary/aromatic N) is 5. The number of carbonyl (C=O) groups excluding carboxylic acids is 1. The van der Waals surface area contributed by atoms with Crippen molar-refractivity contribution in [3.63, 3.8) is 0 Å². The number of nitrogens with one attached hydrogen (secondary N) is 1. The molecule has 0 spiro atoms. The normalized spacial score (nSPS) is 17.1. The number of rotatable bonds is 6. The van der Waals surface area contributed by atoms with Gasteiger partial charge >= 0.3 is 5.69 Å². The van der Waals surface area contributed by atoms with Crippen molar-refractivity contribution >= 4 is 22.6 Å². The van der Waals surface area contributed by atoms with E-state index in [9.17, 15) is 14.0 Å². The number of para-hydroxylation sites is 2. The number of anilines is 1. The molecule has 0 saturated carbocycles. The SMILES string of the molecule is CCN1CCN(c2c(C)c(C(=O)N3CCC(n4c(=O)[nH]c5ccccc54)CC3)n(Cc3ccccc3F)c2C)CC1. The average molecular weight is 559 g/mol. The van der Waals surface area contributed by atoms with Crippen molar-refractivity contribution in [1.29, 1.82) is 0 Å². The number of hydrogen-bond acceptors (Lipinski definition) is 4. The van der Waals surface area contributed by atoms with E-state index in [4.69, 9.17) is 0 Å². The zero-order valence-electron chi connectivity index (χ0n) is 24.2. The number of benzene rings is 2. The minimum absolute atomic E-state index is 0.0230. The lowest BCUT2D eigenvalue weighted by Crippen LogP contribution is -2.46. The molecule has 6 rings (SSSR count). The molecule has 2 fully saturated rings. The van der Waals surface area contributed by atoms with E-state index in [2.05, 4.69) is 28.6 Å².